The molecule has 0 aliphatic carbocycles. The van der Waals surface area contributed by atoms with Gasteiger partial charge < -0.3 is 9.47 Å². The van der Waals surface area contributed by atoms with Gasteiger partial charge in [0.1, 0.15) is 11.5 Å². The summed E-state index contributed by atoms with van der Waals surface area (Å²) in [5.41, 5.74) is 5.23. The van der Waals surface area contributed by atoms with E-state index in [2.05, 4.69) is 26.8 Å². The van der Waals surface area contributed by atoms with Crippen LogP contribution >= 0.6 is 27.5 Å². The van der Waals surface area contributed by atoms with Crippen LogP contribution in [0.1, 0.15) is 5.56 Å². The molecule has 2 N–H and O–H groups in total. The minimum Gasteiger partial charge on any atom is -0.496 e. The third-order valence-corrected chi connectivity index (χ3v) is 3.88. The minimum absolute atomic E-state index is 0.0115. The Hall–Kier alpha value is -2.25. The first-order valence-electron chi connectivity index (χ1n) is 7.26. The van der Waals surface area contributed by atoms with Crippen LogP contribution in [0.2, 0.25) is 5.02 Å². The highest BCUT2D eigenvalue weighted by atomic mass is 79.9. The van der Waals surface area contributed by atoms with Gasteiger partial charge in [-0.2, -0.15) is 0 Å². The number of nitrogens with one attached hydrogen (secondary N) is 2. The summed E-state index contributed by atoms with van der Waals surface area (Å²) in [6, 6.07) is 12.0. The van der Waals surface area contributed by atoms with Crippen molar-refractivity contribution in [3.05, 3.63) is 57.5 Å². The van der Waals surface area contributed by atoms with Gasteiger partial charge in [-0.3, -0.25) is 20.4 Å². The summed E-state index contributed by atoms with van der Waals surface area (Å²) in [6.45, 7) is -0.220. The fourth-order valence-electron chi connectivity index (χ4n) is 1.96. The van der Waals surface area contributed by atoms with Gasteiger partial charge in [-0.25, -0.2) is 0 Å². The number of benzene rings is 2. The van der Waals surface area contributed by atoms with Crippen LogP contribution in [0.4, 0.5) is 0 Å². The fraction of sp³-hybridized carbons (Fsp3) is 0.176. The van der Waals surface area contributed by atoms with E-state index >= 15 is 0 Å². The largest absolute Gasteiger partial charge is 0.496 e. The van der Waals surface area contributed by atoms with Crippen LogP contribution in [0.5, 0.6) is 11.5 Å². The molecule has 8 heteroatoms. The Bertz CT molecular complexity index is 753. The van der Waals surface area contributed by atoms with Crippen molar-refractivity contribution < 1.29 is 19.1 Å². The molecule has 0 aromatic heterocycles. The summed E-state index contributed by atoms with van der Waals surface area (Å²) >= 11 is 9.23. The molecule has 0 spiro atoms. The summed E-state index contributed by atoms with van der Waals surface area (Å²) in [5.74, 6) is 0.213. The molecule has 0 bridgehead atoms. The van der Waals surface area contributed by atoms with Gasteiger partial charge >= 0.3 is 0 Å². The van der Waals surface area contributed by atoms with E-state index in [1.807, 2.05) is 0 Å². The first-order valence-corrected chi connectivity index (χ1v) is 8.43. The molecular formula is C17H16BrClN2O4. The number of halogens is 2. The molecular weight excluding hydrogens is 412 g/mol. The van der Waals surface area contributed by atoms with E-state index in [0.29, 0.717) is 22.1 Å². The molecule has 2 amide bonds. The van der Waals surface area contributed by atoms with Gasteiger partial charge in [0.15, 0.2) is 6.61 Å². The molecule has 6 nitrogen and oxygen atoms in total. The van der Waals surface area contributed by atoms with Gasteiger partial charge in [0.25, 0.3) is 5.91 Å². The predicted octanol–water partition coefficient (Wildman–Crippen LogP) is 2.88. The maximum Gasteiger partial charge on any atom is 0.276 e. The van der Waals surface area contributed by atoms with Crippen molar-refractivity contribution >= 4 is 39.3 Å². The molecule has 0 radical (unpaired) electrons. The van der Waals surface area contributed by atoms with E-state index in [1.165, 1.54) is 7.11 Å². The highest BCUT2D eigenvalue weighted by Gasteiger charge is 2.11. The average molecular weight is 428 g/mol. The number of amides is 2. The zero-order valence-corrected chi connectivity index (χ0v) is 15.7. The van der Waals surface area contributed by atoms with Crippen molar-refractivity contribution in [1.82, 2.24) is 10.9 Å². The van der Waals surface area contributed by atoms with Gasteiger partial charge in [0, 0.05) is 15.1 Å². The SMILES string of the molecule is COc1ccc(Cl)cc1CC(=O)NNC(=O)COc1ccc(Br)cc1. The molecule has 0 aliphatic rings. The molecule has 0 fully saturated rings. The Labute approximate surface area is 158 Å². The van der Waals surface area contributed by atoms with Crippen molar-refractivity contribution in [2.75, 3.05) is 13.7 Å². The van der Waals surface area contributed by atoms with Crippen LogP contribution in [0.3, 0.4) is 0 Å². The van der Waals surface area contributed by atoms with Gasteiger partial charge in [0.05, 0.1) is 13.5 Å². The molecule has 132 valence electrons. The fourth-order valence-corrected chi connectivity index (χ4v) is 2.42. The summed E-state index contributed by atoms with van der Waals surface area (Å²) in [4.78, 5) is 23.6. The Morgan fingerprint density at radius 1 is 1.08 bits per heavy atom. The molecule has 0 unspecified atom stereocenters. The molecule has 2 aromatic carbocycles. The lowest BCUT2D eigenvalue weighted by Gasteiger charge is -2.11. The Kier molecular flexibility index (Phi) is 7.09. The second kappa shape index (κ2) is 9.29. The van der Waals surface area contributed by atoms with Crippen LogP contribution in [-0.4, -0.2) is 25.5 Å². The zero-order valence-electron chi connectivity index (χ0n) is 13.3. The maximum atomic E-state index is 11.9. The van der Waals surface area contributed by atoms with E-state index in [4.69, 9.17) is 21.1 Å². The standard InChI is InChI=1S/C17H16BrClN2O4/c1-24-15-7-4-13(19)8-11(15)9-16(22)20-21-17(23)10-25-14-5-2-12(18)3-6-14/h2-8H,9-10H2,1H3,(H,20,22)(H,21,23). The predicted molar refractivity (Wildman–Crippen MR) is 97.6 cm³/mol. The smallest absolute Gasteiger partial charge is 0.276 e. The lowest BCUT2D eigenvalue weighted by molar-refractivity contribution is -0.129. The van der Waals surface area contributed by atoms with E-state index < -0.39 is 11.8 Å². The number of hydrogen-bond acceptors (Lipinski definition) is 4. The van der Waals surface area contributed by atoms with E-state index in [9.17, 15) is 9.59 Å². The second-order valence-corrected chi connectivity index (χ2v) is 6.32. The number of hydrogen-bond donors (Lipinski definition) is 2. The lowest BCUT2D eigenvalue weighted by atomic mass is 10.1. The number of carbonyl (C=O) groups excluding carboxylic acids is 2. The van der Waals surface area contributed by atoms with Crippen LogP contribution < -0.4 is 20.3 Å². The average Bonchev–Trinajstić information content (AvgIpc) is 2.59. The van der Waals surface area contributed by atoms with E-state index in [-0.39, 0.29) is 13.0 Å². The highest BCUT2D eigenvalue weighted by molar-refractivity contribution is 9.10. The zero-order chi connectivity index (χ0) is 18.2. The van der Waals surface area contributed by atoms with Crippen molar-refractivity contribution in [3.8, 4) is 11.5 Å². The molecule has 25 heavy (non-hydrogen) atoms. The van der Waals surface area contributed by atoms with Crippen LogP contribution in [0, 0.1) is 0 Å². The first kappa shape index (κ1) is 19.1. The Morgan fingerprint density at radius 2 is 1.76 bits per heavy atom. The second-order valence-electron chi connectivity index (χ2n) is 4.97. The van der Waals surface area contributed by atoms with Crippen molar-refractivity contribution in [2.45, 2.75) is 6.42 Å². The van der Waals surface area contributed by atoms with E-state index in [1.54, 1.807) is 42.5 Å². The molecule has 2 rings (SSSR count). The number of carbonyl (C=O) groups is 2. The topological polar surface area (TPSA) is 76.7 Å². The minimum atomic E-state index is -0.477. The van der Waals surface area contributed by atoms with Crippen molar-refractivity contribution in [1.29, 1.82) is 0 Å². The summed E-state index contributed by atoms with van der Waals surface area (Å²) < 4.78 is 11.4. The lowest BCUT2D eigenvalue weighted by Crippen LogP contribution is -2.44. The van der Waals surface area contributed by atoms with Crippen LogP contribution in [0.25, 0.3) is 0 Å². The molecule has 0 aliphatic heterocycles. The Balaban J connectivity index is 1.78. The van der Waals surface area contributed by atoms with Crippen molar-refractivity contribution in [3.63, 3.8) is 0 Å². The number of hydrazine groups is 1. The third kappa shape index (κ3) is 6.28. The molecule has 0 heterocycles. The molecule has 2 aromatic rings. The summed E-state index contributed by atoms with van der Waals surface area (Å²) in [6.07, 6.45) is 0.0115. The number of ether oxygens (including phenoxy) is 2. The quantitative estimate of drug-likeness (QED) is 0.695. The third-order valence-electron chi connectivity index (χ3n) is 3.12. The first-order chi connectivity index (χ1) is 12.0. The monoisotopic (exact) mass is 426 g/mol. The molecule has 0 saturated carbocycles. The number of rotatable bonds is 6. The normalized spacial score (nSPS) is 10.0. The van der Waals surface area contributed by atoms with E-state index in [0.717, 1.165) is 4.47 Å². The molecule has 0 atom stereocenters. The Morgan fingerprint density at radius 3 is 2.44 bits per heavy atom. The number of methoxy groups -OCH3 is 1. The highest BCUT2D eigenvalue weighted by Crippen LogP contribution is 2.22. The van der Waals surface area contributed by atoms with Gasteiger partial charge in [-0.1, -0.05) is 27.5 Å². The van der Waals surface area contributed by atoms with Crippen LogP contribution in [-0.2, 0) is 16.0 Å². The van der Waals surface area contributed by atoms with Gasteiger partial charge in [-0.15, -0.1) is 0 Å². The molecule has 0 saturated heterocycles. The summed E-state index contributed by atoms with van der Waals surface area (Å²) in [5, 5.41) is 0.496. The maximum absolute atomic E-state index is 11.9. The summed E-state index contributed by atoms with van der Waals surface area (Å²) in [7, 11) is 1.51. The van der Waals surface area contributed by atoms with Gasteiger partial charge in [0.2, 0.25) is 5.91 Å². The van der Waals surface area contributed by atoms with Crippen molar-refractivity contribution in [2.24, 2.45) is 0 Å². The van der Waals surface area contributed by atoms with Crippen LogP contribution in [0.15, 0.2) is 46.9 Å². The van der Waals surface area contributed by atoms with Gasteiger partial charge in [-0.05, 0) is 42.5 Å².